The Morgan fingerprint density at radius 2 is 1.88 bits per heavy atom. The standard InChI is InChI=1S/C21H16ClFN2O/c22-17-8-10-20(11-9-17)25(15-19-6-1-2-13-24-19)21(26)12-7-16-4-3-5-18(23)14-16/h1-14H,15H2/b12-7+. The molecule has 130 valence electrons. The fraction of sp³-hybridized carbons (Fsp3) is 0.0476. The molecule has 3 aromatic rings. The minimum atomic E-state index is -0.345. The van der Waals surface area contributed by atoms with E-state index >= 15 is 0 Å². The minimum absolute atomic E-state index is 0.234. The van der Waals surface area contributed by atoms with Crippen molar-refractivity contribution in [3.8, 4) is 0 Å². The molecule has 0 unspecified atom stereocenters. The smallest absolute Gasteiger partial charge is 0.251 e. The Morgan fingerprint density at radius 3 is 2.58 bits per heavy atom. The van der Waals surface area contributed by atoms with Crippen LogP contribution in [0.25, 0.3) is 6.08 Å². The number of benzene rings is 2. The van der Waals surface area contributed by atoms with E-state index < -0.39 is 0 Å². The molecule has 0 spiro atoms. The molecular formula is C21H16ClFN2O. The van der Waals surface area contributed by atoms with Gasteiger partial charge in [-0.3, -0.25) is 9.78 Å². The molecule has 1 amide bonds. The summed E-state index contributed by atoms with van der Waals surface area (Å²) >= 11 is 5.95. The number of hydrogen-bond acceptors (Lipinski definition) is 2. The summed E-state index contributed by atoms with van der Waals surface area (Å²) in [5.74, 6) is -0.579. The first-order valence-electron chi connectivity index (χ1n) is 8.02. The lowest BCUT2D eigenvalue weighted by Crippen LogP contribution is -2.29. The first kappa shape index (κ1) is 17.8. The number of nitrogens with zero attached hydrogens (tertiary/aromatic N) is 2. The summed E-state index contributed by atoms with van der Waals surface area (Å²) in [4.78, 5) is 18.6. The van der Waals surface area contributed by atoms with E-state index in [9.17, 15) is 9.18 Å². The maximum Gasteiger partial charge on any atom is 0.251 e. The zero-order valence-electron chi connectivity index (χ0n) is 13.8. The lowest BCUT2D eigenvalue weighted by Gasteiger charge is -2.21. The summed E-state index contributed by atoms with van der Waals surface area (Å²) in [5.41, 5.74) is 2.08. The van der Waals surface area contributed by atoms with Crippen molar-refractivity contribution in [3.63, 3.8) is 0 Å². The van der Waals surface area contributed by atoms with Crippen molar-refractivity contribution in [1.29, 1.82) is 0 Å². The number of anilines is 1. The average Bonchev–Trinajstić information content (AvgIpc) is 2.66. The monoisotopic (exact) mass is 366 g/mol. The maximum atomic E-state index is 13.3. The number of pyridine rings is 1. The van der Waals surface area contributed by atoms with Crippen LogP contribution in [0.5, 0.6) is 0 Å². The Hall–Kier alpha value is -2.98. The van der Waals surface area contributed by atoms with E-state index in [1.807, 2.05) is 18.2 Å². The molecule has 1 heterocycles. The molecule has 3 nitrogen and oxygen atoms in total. The third-order valence-corrected chi connectivity index (χ3v) is 3.97. The summed E-state index contributed by atoms with van der Waals surface area (Å²) in [7, 11) is 0. The fourth-order valence-electron chi connectivity index (χ4n) is 2.44. The van der Waals surface area contributed by atoms with E-state index in [-0.39, 0.29) is 11.7 Å². The molecule has 26 heavy (non-hydrogen) atoms. The predicted octanol–water partition coefficient (Wildman–Crippen LogP) is 5.12. The number of rotatable bonds is 5. The quantitative estimate of drug-likeness (QED) is 0.587. The van der Waals surface area contributed by atoms with E-state index in [1.165, 1.54) is 18.2 Å². The van der Waals surface area contributed by atoms with Gasteiger partial charge in [0.25, 0.3) is 5.91 Å². The Morgan fingerprint density at radius 1 is 1.08 bits per heavy atom. The van der Waals surface area contributed by atoms with Gasteiger partial charge in [-0.15, -0.1) is 0 Å². The second kappa shape index (κ2) is 8.41. The molecule has 2 aromatic carbocycles. The van der Waals surface area contributed by atoms with Crippen molar-refractivity contribution in [2.75, 3.05) is 4.90 Å². The van der Waals surface area contributed by atoms with Gasteiger partial charge >= 0.3 is 0 Å². The number of carbonyl (C=O) groups is 1. The molecule has 0 saturated heterocycles. The van der Waals surface area contributed by atoms with E-state index in [1.54, 1.807) is 53.6 Å². The molecule has 0 fully saturated rings. The van der Waals surface area contributed by atoms with Gasteiger partial charge in [-0.2, -0.15) is 0 Å². The zero-order valence-corrected chi connectivity index (χ0v) is 14.6. The molecule has 0 aliphatic heterocycles. The van der Waals surface area contributed by atoms with Gasteiger partial charge in [0, 0.05) is 23.0 Å². The molecule has 0 aliphatic rings. The highest BCUT2D eigenvalue weighted by Gasteiger charge is 2.14. The zero-order chi connectivity index (χ0) is 18.4. The fourth-order valence-corrected chi connectivity index (χ4v) is 2.56. The third kappa shape index (κ3) is 4.77. The summed E-state index contributed by atoms with van der Waals surface area (Å²) in [6.45, 7) is 0.314. The van der Waals surface area contributed by atoms with E-state index in [0.29, 0.717) is 22.8 Å². The summed E-state index contributed by atoms with van der Waals surface area (Å²) in [6, 6.07) is 18.6. The van der Waals surface area contributed by atoms with Crippen LogP contribution in [0.2, 0.25) is 5.02 Å². The largest absolute Gasteiger partial charge is 0.303 e. The van der Waals surface area contributed by atoms with Crippen LogP contribution in [-0.4, -0.2) is 10.9 Å². The second-order valence-corrected chi connectivity index (χ2v) is 6.05. The van der Waals surface area contributed by atoms with Gasteiger partial charge in [-0.1, -0.05) is 29.8 Å². The lowest BCUT2D eigenvalue weighted by molar-refractivity contribution is -0.114. The van der Waals surface area contributed by atoms with Gasteiger partial charge in [-0.05, 0) is 60.2 Å². The molecule has 5 heteroatoms. The SMILES string of the molecule is O=C(/C=C/c1cccc(F)c1)N(Cc1ccccn1)c1ccc(Cl)cc1. The van der Waals surface area contributed by atoms with Crippen LogP contribution in [0.3, 0.4) is 0 Å². The Labute approximate surface area is 156 Å². The third-order valence-electron chi connectivity index (χ3n) is 3.72. The van der Waals surface area contributed by atoms with E-state index in [0.717, 1.165) is 5.69 Å². The van der Waals surface area contributed by atoms with Crippen molar-refractivity contribution < 1.29 is 9.18 Å². The molecule has 0 atom stereocenters. The van der Waals surface area contributed by atoms with Crippen molar-refractivity contribution >= 4 is 29.3 Å². The van der Waals surface area contributed by atoms with Crippen molar-refractivity contribution in [3.05, 3.63) is 101 Å². The summed E-state index contributed by atoms with van der Waals surface area (Å²) in [6.07, 6.45) is 4.70. The first-order valence-corrected chi connectivity index (χ1v) is 8.40. The van der Waals surface area contributed by atoms with Crippen LogP contribution in [-0.2, 0) is 11.3 Å². The molecule has 0 N–H and O–H groups in total. The highest BCUT2D eigenvalue weighted by molar-refractivity contribution is 6.30. The van der Waals surface area contributed by atoms with Gasteiger partial charge in [0.1, 0.15) is 5.82 Å². The molecule has 0 saturated carbocycles. The van der Waals surface area contributed by atoms with Gasteiger partial charge in [0.15, 0.2) is 0 Å². The summed E-state index contributed by atoms with van der Waals surface area (Å²) < 4.78 is 13.3. The number of halogens is 2. The van der Waals surface area contributed by atoms with E-state index in [2.05, 4.69) is 4.98 Å². The highest BCUT2D eigenvalue weighted by atomic mass is 35.5. The van der Waals surface area contributed by atoms with Crippen LogP contribution in [0.15, 0.2) is 79.0 Å². The Balaban J connectivity index is 1.86. The highest BCUT2D eigenvalue weighted by Crippen LogP contribution is 2.20. The van der Waals surface area contributed by atoms with Crippen LogP contribution in [0, 0.1) is 5.82 Å². The maximum absolute atomic E-state index is 13.3. The van der Waals surface area contributed by atoms with Crippen molar-refractivity contribution in [2.45, 2.75) is 6.54 Å². The lowest BCUT2D eigenvalue weighted by atomic mass is 10.2. The average molecular weight is 367 g/mol. The number of hydrogen-bond donors (Lipinski definition) is 0. The van der Waals surface area contributed by atoms with Crippen LogP contribution >= 0.6 is 11.6 Å². The van der Waals surface area contributed by atoms with Gasteiger partial charge < -0.3 is 4.90 Å². The predicted molar refractivity (Wildman–Crippen MR) is 102 cm³/mol. The Kier molecular flexibility index (Phi) is 5.77. The van der Waals surface area contributed by atoms with Gasteiger partial charge in [0.05, 0.1) is 12.2 Å². The number of amides is 1. The number of carbonyl (C=O) groups excluding carboxylic acids is 1. The van der Waals surface area contributed by atoms with Crippen molar-refractivity contribution in [1.82, 2.24) is 4.98 Å². The molecule has 0 bridgehead atoms. The van der Waals surface area contributed by atoms with E-state index in [4.69, 9.17) is 11.6 Å². The van der Waals surface area contributed by atoms with Gasteiger partial charge in [0.2, 0.25) is 0 Å². The normalized spacial score (nSPS) is 10.8. The Bertz CT molecular complexity index is 911. The summed E-state index contributed by atoms with van der Waals surface area (Å²) in [5, 5.41) is 0.592. The molecule has 3 rings (SSSR count). The minimum Gasteiger partial charge on any atom is -0.303 e. The van der Waals surface area contributed by atoms with Crippen LogP contribution in [0.1, 0.15) is 11.3 Å². The topological polar surface area (TPSA) is 33.2 Å². The molecule has 1 aromatic heterocycles. The molecule has 0 radical (unpaired) electrons. The van der Waals surface area contributed by atoms with Crippen molar-refractivity contribution in [2.24, 2.45) is 0 Å². The van der Waals surface area contributed by atoms with Crippen LogP contribution in [0.4, 0.5) is 10.1 Å². The first-order chi connectivity index (χ1) is 12.6. The second-order valence-electron chi connectivity index (χ2n) is 5.61. The number of aromatic nitrogens is 1. The van der Waals surface area contributed by atoms with Crippen LogP contribution < -0.4 is 4.90 Å². The van der Waals surface area contributed by atoms with Gasteiger partial charge in [-0.25, -0.2) is 4.39 Å². The molecule has 0 aliphatic carbocycles. The molecular weight excluding hydrogens is 351 g/mol.